The molecule has 0 aliphatic carbocycles. The van der Waals surface area contributed by atoms with Gasteiger partial charge in [0.1, 0.15) is 0 Å². The molecule has 0 spiro atoms. The number of hydrogen-bond acceptors (Lipinski definition) is 2. The zero-order chi connectivity index (χ0) is 11.9. The normalized spacial score (nSPS) is 12.6. The summed E-state index contributed by atoms with van der Waals surface area (Å²) in [7, 11) is 0. The monoisotopic (exact) mass is 215 g/mol. The number of guanidine groups is 2. The van der Waals surface area contributed by atoms with E-state index in [0.29, 0.717) is 6.54 Å². The molecule has 0 aromatic rings. The third-order valence-corrected chi connectivity index (χ3v) is 2.66. The SMILES string of the molecule is CCC(CC)(CO)CN=C(N)N=C(N)N. The molecule has 7 N–H and O–H groups in total. The standard InChI is InChI=1S/C9H21N5O/c1-3-9(4-2,6-15)5-13-8(12)14-7(10)11/h15H,3-6H2,1-2H3,(H6,10,11,12,13,14). The van der Waals surface area contributed by atoms with Gasteiger partial charge in [-0.15, -0.1) is 0 Å². The molecule has 0 bridgehead atoms. The first-order chi connectivity index (χ1) is 6.99. The maximum Gasteiger partial charge on any atom is 0.218 e. The van der Waals surface area contributed by atoms with Crippen molar-refractivity contribution in [2.45, 2.75) is 26.7 Å². The molecule has 0 radical (unpaired) electrons. The van der Waals surface area contributed by atoms with Crippen LogP contribution in [0, 0.1) is 5.41 Å². The highest BCUT2D eigenvalue weighted by molar-refractivity contribution is 5.92. The molecule has 6 heteroatoms. The lowest BCUT2D eigenvalue weighted by atomic mass is 9.83. The minimum atomic E-state index is -0.219. The lowest BCUT2D eigenvalue weighted by molar-refractivity contribution is 0.123. The zero-order valence-electron chi connectivity index (χ0n) is 9.40. The van der Waals surface area contributed by atoms with E-state index in [1.165, 1.54) is 0 Å². The lowest BCUT2D eigenvalue weighted by Crippen LogP contribution is -2.30. The average Bonchev–Trinajstić information content (AvgIpc) is 2.20. The van der Waals surface area contributed by atoms with Crippen LogP contribution in [0.25, 0.3) is 0 Å². The molecule has 0 atom stereocenters. The van der Waals surface area contributed by atoms with Crippen LogP contribution in [0.5, 0.6) is 0 Å². The molecule has 0 saturated heterocycles. The highest BCUT2D eigenvalue weighted by atomic mass is 16.3. The molecular formula is C9H21N5O. The second kappa shape index (κ2) is 6.23. The van der Waals surface area contributed by atoms with Gasteiger partial charge in [0.25, 0.3) is 0 Å². The predicted octanol–water partition coefficient (Wildman–Crippen LogP) is -0.627. The summed E-state index contributed by atoms with van der Waals surface area (Å²) in [6, 6.07) is 0. The average molecular weight is 215 g/mol. The fourth-order valence-electron chi connectivity index (χ4n) is 1.16. The van der Waals surface area contributed by atoms with Crippen molar-refractivity contribution in [2.75, 3.05) is 13.2 Å². The van der Waals surface area contributed by atoms with Crippen LogP contribution < -0.4 is 17.2 Å². The van der Waals surface area contributed by atoms with Gasteiger partial charge in [-0.3, -0.25) is 4.99 Å². The van der Waals surface area contributed by atoms with Crippen LogP contribution in [0.15, 0.2) is 9.98 Å². The Labute approximate surface area is 90.3 Å². The van der Waals surface area contributed by atoms with E-state index in [1.54, 1.807) is 0 Å². The summed E-state index contributed by atoms with van der Waals surface area (Å²) in [5.74, 6) is -0.0615. The maximum atomic E-state index is 9.28. The van der Waals surface area contributed by atoms with Crippen LogP contribution >= 0.6 is 0 Å². The summed E-state index contributed by atoms with van der Waals surface area (Å²) in [5, 5.41) is 9.28. The first-order valence-electron chi connectivity index (χ1n) is 5.00. The molecule has 0 aliphatic rings. The van der Waals surface area contributed by atoms with Crippen molar-refractivity contribution in [3.05, 3.63) is 0 Å². The number of aliphatic hydroxyl groups is 1. The van der Waals surface area contributed by atoms with Gasteiger partial charge in [0.05, 0.1) is 13.2 Å². The molecule has 0 heterocycles. The first-order valence-corrected chi connectivity index (χ1v) is 5.00. The Morgan fingerprint density at radius 1 is 1.20 bits per heavy atom. The van der Waals surface area contributed by atoms with Gasteiger partial charge in [-0.05, 0) is 12.8 Å². The Morgan fingerprint density at radius 2 is 1.73 bits per heavy atom. The quantitative estimate of drug-likeness (QED) is 0.360. The Balaban J connectivity index is 4.51. The van der Waals surface area contributed by atoms with Gasteiger partial charge in [0, 0.05) is 5.41 Å². The first kappa shape index (κ1) is 13.7. The third-order valence-electron chi connectivity index (χ3n) is 2.66. The van der Waals surface area contributed by atoms with Gasteiger partial charge in [-0.1, -0.05) is 13.8 Å². The van der Waals surface area contributed by atoms with Gasteiger partial charge < -0.3 is 22.3 Å². The van der Waals surface area contributed by atoms with Gasteiger partial charge >= 0.3 is 0 Å². The van der Waals surface area contributed by atoms with E-state index in [0.717, 1.165) is 12.8 Å². The molecular weight excluding hydrogens is 194 g/mol. The molecule has 0 amide bonds. The summed E-state index contributed by atoms with van der Waals surface area (Å²) in [5.41, 5.74) is 15.5. The Morgan fingerprint density at radius 3 is 2.07 bits per heavy atom. The van der Waals surface area contributed by atoms with Gasteiger partial charge in [0.15, 0.2) is 5.96 Å². The van der Waals surface area contributed by atoms with Gasteiger partial charge in [-0.2, -0.15) is 4.99 Å². The third kappa shape index (κ3) is 4.64. The maximum absolute atomic E-state index is 9.28. The number of nitrogens with two attached hydrogens (primary N) is 3. The van der Waals surface area contributed by atoms with Crippen molar-refractivity contribution < 1.29 is 5.11 Å². The molecule has 0 saturated carbocycles. The fraction of sp³-hybridized carbons (Fsp3) is 0.778. The number of aliphatic hydroxyl groups excluding tert-OH is 1. The van der Waals surface area contributed by atoms with Crippen molar-refractivity contribution in [2.24, 2.45) is 32.6 Å². The van der Waals surface area contributed by atoms with Crippen LogP contribution in [0.1, 0.15) is 26.7 Å². The molecule has 88 valence electrons. The topological polar surface area (TPSA) is 123 Å². The number of rotatable bonds is 5. The Hall–Kier alpha value is -1.30. The summed E-state index contributed by atoms with van der Waals surface area (Å²) in [6.07, 6.45) is 1.66. The van der Waals surface area contributed by atoms with E-state index >= 15 is 0 Å². The van der Waals surface area contributed by atoms with E-state index in [4.69, 9.17) is 17.2 Å². The van der Waals surface area contributed by atoms with Crippen molar-refractivity contribution in [1.82, 2.24) is 0 Å². The van der Waals surface area contributed by atoms with Crippen LogP contribution in [0.2, 0.25) is 0 Å². The molecule has 15 heavy (non-hydrogen) atoms. The molecule has 6 nitrogen and oxygen atoms in total. The van der Waals surface area contributed by atoms with Crippen LogP contribution in [0.3, 0.4) is 0 Å². The number of nitrogens with zero attached hydrogens (tertiary/aromatic N) is 2. The zero-order valence-corrected chi connectivity index (χ0v) is 9.40. The van der Waals surface area contributed by atoms with E-state index < -0.39 is 0 Å². The summed E-state index contributed by atoms with van der Waals surface area (Å²) in [6.45, 7) is 4.52. The second-order valence-electron chi connectivity index (χ2n) is 3.58. The highest BCUT2D eigenvalue weighted by Gasteiger charge is 2.24. The molecule has 0 aromatic carbocycles. The molecule has 0 rings (SSSR count). The van der Waals surface area contributed by atoms with Crippen LogP contribution in [-0.4, -0.2) is 30.2 Å². The van der Waals surface area contributed by atoms with Crippen molar-refractivity contribution in [3.8, 4) is 0 Å². The smallest absolute Gasteiger partial charge is 0.218 e. The molecule has 0 aromatic heterocycles. The van der Waals surface area contributed by atoms with E-state index in [9.17, 15) is 5.11 Å². The highest BCUT2D eigenvalue weighted by Crippen LogP contribution is 2.25. The van der Waals surface area contributed by atoms with Crippen molar-refractivity contribution >= 4 is 11.9 Å². The lowest BCUT2D eigenvalue weighted by Gasteiger charge is -2.26. The van der Waals surface area contributed by atoms with E-state index in [1.807, 2.05) is 13.8 Å². The van der Waals surface area contributed by atoms with Gasteiger partial charge in [-0.25, -0.2) is 0 Å². The summed E-state index contributed by atoms with van der Waals surface area (Å²) < 4.78 is 0. The molecule has 0 fully saturated rings. The molecule has 0 unspecified atom stereocenters. The largest absolute Gasteiger partial charge is 0.396 e. The second-order valence-corrected chi connectivity index (χ2v) is 3.58. The van der Waals surface area contributed by atoms with Gasteiger partial charge in [0.2, 0.25) is 5.96 Å². The number of aliphatic imine (C=N–C) groups is 2. The fourth-order valence-corrected chi connectivity index (χ4v) is 1.16. The predicted molar refractivity (Wildman–Crippen MR) is 62.4 cm³/mol. The van der Waals surface area contributed by atoms with E-state index in [-0.39, 0.29) is 23.9 Å². The van der Waals surface area contributed by atoms with Crippen molar-refractivity contribution in [1.29, 1.82) is 0 Å². The molecule has 0 aliphatic heterocycles. The minimum Gasteiger partial charge on any atom is -0.396 e. The Kier molecular flexibility index (Phi) is 5.69. The summed E-state index contributed by atoms with van der Waals surface area (Å²) in [4.78, 5) is 7.64. The van der Waals surface area contributed by atoms with E-state index in [2.05, 4.69) is 9.98 Å². The van der Waals surface area contributed by atoms with Crippen LogP contribution in [-0.2, 0) is 0 Å². The Bertz CT molecular complexity index is 233. The minimum absolute atomic E-state index is 0.0507. The van der Waals surface area contributed by atoms with Crippen molar-refractivity contribution in [3.63, 3.8) is 0 Å². The van der Waals surface area contributed by atoms with Crippen LogP contribution in [0.4, 0.5) is 0 Å². The summed E-state index contributed by atoms with van der Waals surface area (Å²) >= 11 is 0. The number of hydrogen-bond donors (Lipinski definition) is 4.